The van der Waals surface area contributed by atoms with Crippen molar-refractivity contribution < 1.29 is 0 Å². The fourth-order valence-corrected chi connectivity index (χ4v) is 1.76. The Labute approximate surface area is 90.2 Å². The third-order valence-electron chi connectivity index (χ3n) is 1.96. The van der Waals surface area contributed by atoms with Gasteiger partial charge in [-0.25, -0.2) is 4.98 Å². The van der Waals surface area contributed by atoms with Crippen LogP contribution in [0.2, 0.25) is 0 Å². The highest BCUT2D eigenvalue weighted by molar-refractivity contribution is 7.07. The van der Waals surface area contributed by atoms with Crippen molar-refractivity contribution in [3.63, 3.8) is 0 Å². The van der Waals surface area contributed by atoms with Gasteiger partial charge in [0.05, 0.1) is 11.2 Å². The molecule has 1 rings (SSSR count). The van der Waals surface area contributed by atoms with Gasteiger partial charge in [-0.2, -0.15) is 0 Å². The molecule has 0 aliphatic rings. The van der Waals surface area contributed by atoms with E-state index in [-0.39, 0.29) is 0 Å². The molecule has 0 atom stereocenters. The number of likely N-dealkylation sites (N-methyl/N-ethyl adjacent to an activating group) is 1. The van der Waals surface area contributed by atoms with Crippen LogP contribution in [-0.2, 0) is 6.54 Å². The molecule has 1 aromatic rings. The van der Waals surface area contributed by atoms with Crippen LogP contribution in [-0.4, -0.2) is 36.1 Å². The van der Waals surface area contributed by atoms with E-state index in [0.717, 1.165) is 19.6 Å². The molecule has 0 aliphatic heterocycles. The minimum absolute atomic E-state index is 0.572. The molecule has 0 spiro atoms. The maximum atomic E-state index is 4.26. The molecule has 0 radical (unpaired) electrons. The molecule has 0 amide bonds. The summed E-state index contributed by atoms with van der Waals surface area (Å²) in [5.41, 5.74) is 3.05. The highest BCUT2D eigenvalue weighted by Crippen LogP contribution is 2.03. The van der Waals surface area contributed by atoms with E-state index in [2.05, 4.69) is 41.5 Å². The molecule has 0 unspecified atom stereocenters. The van der Waals surface area contributed by atoms with Crippen molar-refractivity contribution in [3.8, 4) is 0 Å². The second-order valence-electron chi connectivity index (χ2n) is 3.83. The van der Waals surface area contributed by atoms with E-state index in [0.29, 0.717) is 6.04 Å². The Kier molecular flexibility index (Phi) is 5.07. The largest absolute Gasteiger partial charge is 0.313 e. The van der Waals surface area contributed by atoms with Crippen LogP contribution in [0.1, 0.15) is 19.5 Å². The van der Waals surface area contributed by atoms with Gasteiger partial charge in [-0.1, -0.05) is 13.8 Å². The molecule has 14 heavy (non-hydrogen) atoms. The lowest BCUT2D eigenvalue weighted by molar-refractivity contribution is 0.317. The smallest absolute Gasteiger partial charge is 0.0795 e. The summed E-state index contributed by atoms with van der Waals surface area (Å²) in [7, 11) is 2.13. The van der Waals surface area contributed by atoms with E-state index < -0.39 is 0 Å². The molecule has 0 saturated carbocycles. The van der Waals surface area contributed by atoms with Crippen LogP contribution in [0.3, 0.4) is 0 Å². The van der Waals surface area contributed by atoms with Gasteiger partial charge in [0, 0.05) is 31.1 Å². The van der Waals surface area contributed by atoms with E-state index in [4.69, 9.17) is 0 Å². The maximum absolute atomic E-state index is 4.26. The monoisotopic (exact) mass is 213 g/mol. The molecule has 0 aromatic carbocycles. The second kappa shape index (κ2) is 6.11. The molecule has 3 nitrogen and oxygen atoms in total. The normalized spacial score (nSPS) is 11.5. The minimum Gasteiger partial charge on any atom is -0.313 e. The zero-order valence-electron chi connectivity index (χ0n) is 9.16. The van der Waals surface area contributed by atoms with Gasteiger partial charge < -0.3 is 5.32 Å². The van der Waals surface area contributed by atoms with Crippen molar-refractivity contribution in [1.82, 2.24) is 15.2 Å². The van der Waals surface area contributed by atoms with Gasteiger partial charge in [0.2, 0.25) is 0 Å². The molecule has 0 aliphatic carbocycles. The number of aromatic nitrogens is 1. The fraction of sp³-hybridized carbons (Fsp3) is 0.700. The summed E-state index contributed by atoms with van der Waals surface area (Å²) in [6, 6.07) is 0.572. The van der Waals surface area contributed by atoms with Crippen LogP contribution in [0.4, 0.5) is 0 Å². The SMILES string of the molecule is CC(C)NCCN(C)Cc1cscn1. The molecule has 0 fully saturated rings. The van der Waals surface area contributed by atoms with Gasteiger partial charge in [-0.05, 0) is 7.05 Å². The van der Waals surface area contributed by atoms with Crippen molar-refractivity contribution >= 4 is 11.3 Å². The van der Waals surface area contributed by atoms with Gasteiger partial charge in [-0.15, -0.1) is 11.3 Å². The number of nitrogens with zero attached hydrogens (tertiary/aromatic N) is 2. The lowest BCUT2D eigenvalue weighted by Gasteiger charge is -2.16. The summed E-state index contributed by atoms with van der Waals surface area (Å²) in [6.45, 7) is 7.39. The highest BCUT2D eigenvalue weighted by Gasteiger charge is 2.01. The zero-order valence-corrected chi connectivity index (χ0v) is 9.97. The van der Waals surface area contributed by atoms with E-state index in [1.165, 1.54) is 5.69 Å². The van der Waals surface area contributed by atoms with Crippen LogP contribution in [0.15, 0.2) is 10.9 Å². The Morgan fingerprint density at radius 3 is 2.93 bits per heavy atom. The highest BCUT2D eigenvalue weighted by atomic mass is 32.1. The van der Waals surface area contributed by atoms with Crippen molar-refractivity contribution in [2.24, 2.45) is 0 Å². The summed E-state index contributed by atoms with van der Waals surface area (Å²) in [6.07, 6.45) is 0. The molecule has 1 N–H and O–H groups in total. The minimum atomic E-state index is 0.572. The predicted octanol–water partition coefficient (Wildman–Crippen LogP) is 1.57. The second-order valence-corrected chi connectivity index (χ2v) is 4.55. The Bertz CT molecular complexity index is 234. The van der Waals surface area contributed by atoms with Crippen LogP contribution < -0.4 is 5.32 Å². The lowest BCUT2D eigenvalue weighted by Crippen LogP contribution is -2.32. The van der Waals surface area contributed by atoms with Crippen LogP contribution in [0, 0.1) is 0 Å². The topological polar surface area (TPSA) is 28.2 Å². The van der Waals surface area contributed by atoms with Crippen molar-refractivity contribution in [3.05, 3.63) is 16.6 Å². The lowest BCUT2D eigenvalue weighted by atomic mass is 10.4. The molecule has 1 heterocycles. The molecule has 80 valence electrons. The fourth-order valence-electron chi connectivity index (χ4n) is 1.22. The van der Waals surface area contributed by atoms with E-state index in [1.54, 1.807) is 11.3 Å². The summed E-state index contributed by atoms with van der Waals surface area (Å²) in [5, 5.41) is 5.50. The molecular formula is C10H19N3S. The standard InChI is InChI=1S/C10H19N3S/c1-9(2)11-4-5-13(3)6-10-7-14-8-12-10/h7-9,11H,4-6H2,1-3H3. The van der Waals surface area contributed by atoms with Crippen LogP contribution >= 0.6 is 11.3 Å². The van der Waals surface area contributed by atoms with Gasteiger partial charge in [0.15, 0.2) is 0 Å². The van der Waals surface area contributed by atoms with Crippen molar-refractivity contribution in [2.45, 2.75) is 26.4 Å². The van der Waals surface area contributed by atoms with Crippen LogP contribution in [0.5, 0.6) is 0 Å². The zero-order chi connectivity index (χ0) is 10.4. The van der Waals surface area contributed by atoms with Gasteiger partial charge in [0.1, 0.15) is 0 Å². The molecule has 0 saturated heterocycles. The predicted molar refractivity (Wildman–Crippen MR) is 61.6 cm³/mol. The third kappa shape index (κ3) is 4.69. The van der Waals surface area contributed by atoms with Crippen molar-refractivity contribution in [1.29, 1.82) is 0 Å². The summed E-state index contributed by atoms with van der Waals surface area (Å²) in [5.74, 6) is 0. The molecule has 0 bridgehead atoms. The van der Waals surface area contributed by atoms with Gasteiger partial charge >= 0.3 is 0 Å². The first kappa shape index (κ1) is 11.6. The average Bonchev–Trinajstić information content (AvgIpc) is 2.56. The van der Waals surface area contributed by atoms with E-state index >= 15 is 0 Å². The molecule has 4 heteroatoms. The Morgan fingerprint density at radius 1 is 1.57 bits per heavy atom. The summed E-state index contributed by atoms with van der Waals surface area (Å²) >= 11 is 1.66. The van der Waals surface area contributed by atoms with Gasteiger partial charge in [0.25, 0.3) is 0 Å². The quantitative estimate of drug-likeness (QED) is 0.777. The number of thiazole rings is 1. The number of hydrogen-bond donors (Lipinski definition) is 1. The summed E-state index contributed by atoms with van der Waals surface area (Å²) in [4.78, 5) is 6.54. The third-order valence-corrected chi connectivity index (χ3v) is 2.60. The maximum Gasteiger partial charge on any atom is 0.0795 e. The Morgan fingerprint density at radius 2 is 2.36 bits per heavy atom. The first-order chi connectivity index (χ1) is 6.68. The van der Waals surface area contributed by atoms with E-state index in [1.807, 2.05) is 5.51 Å². The molecule has 1 aromatic heterocycles. The Balaban J connectivity index is 2.13. The summed E-state index contributed by atoms with van der Waals surface area (Å²) < 4.78 is 0. The first-order valence-corrected chi connectivity index (χ1v) is 5.91. The number of nitrogens with one attached hydrogen (secondary N) is 1. The number of rotatable bonds is 6. The average molecular weight is 213 g/mol. The first-order valence-electron chi connectivity index (χ1n) is 4.97. The van der Waals surface area contributed by atoms with Crippen molar-refractivity contribution in [2.75, 3.05) is 20.1 Å². The Hall–Kier alpha value is -0.450. The van der Waals surface area contributed by atoms with E-state index in [9.17, 15) is 0 Å². The van der Waals surface area contributed by atoms with Gasteiger partial charge in [-0.3, -0.25) is 4.90 Å². The number of hydrogen-bond acceptors (Lipinski definition) is 4. The van der Waals surface area contributed by atoms with Crippen LogP contribution in [0.25, 0.3) is 0 Å². The molecular weight excluding hydrogens is 194 g/mol.